The molecule has 0 atom stereocenters. The van der Waals surface area contributed by atoms with Crippen LogP contribution >= 0.6 is 12.2 Å². The Labute approximate surface area is 174 Å². The van der Waals surface area contributed by atoms with E-state index in [9.17, 15) is 0 Å². The molecule has 0 aliphatic carbocycles. The lowest BCUT2D eigenvalue weighted by Gasteiger charge is -2.36. The molecule has 0 amide bonds. The topological polar surface area (TPSA) is 59.1 Å². The summed E-state index contributed by atoms with van der Waals surface area (Å²) >= 11 is 5.64. The summed E-state index contributed by atoms with van der Waals surface area (Å²) in [6.45, 7) is 14.2. The first-order valence-corrected chi connectivity index (χ1v) is 13.1. The zero-order chi connectivity index (χ0) is 20.5. The summed E-state index contributed by atoms with van der Waals surface area (Å²) in [6, 6.07) is 6.01. The molecule has 3 rings (SSSR count). The van der Waals surface area contributed by atoms with Crippen molar-refractivity contribution in [2.24, 2.45) is 0 Å². The normalized spacial score (nSPS) is 13.9. The minimum Gasteiger partial charge on any atom is -0.416 e. The Morgan fingerprint density at radius 2 is 1.93 bits per heavy atom. The largest absolute Gasteiger partial charge is 0.416 e. The number of fused-ring (bicyclic) bond motifs is 2. The molecule has 2 N–H and O–H groups in total. The fourth-order valence-corrected chi connectivity index (χ4v) is 4.24. The number of hydrogen-bond donors (Lipinski definition) is 2. The molecule has 0 bridgehead atoms. The number of thiocarbonyl (C=S) groups is 1. The lowest BCUT2D eigenvalue weighted by molar-refractivity contribution is 0.291. The van der Waals surface area contributed by atoms with E-state index in [1.807, 2.05) is 12.1 Å². The molecule has 2 aromatic rings. The van der Waals surface area contributed by atoms with Crippen molar-refractivity contribution in [2.45, 2.75) is 58.7 Å². The van der Waals surface area contributed by atoms with Crippen LogP contribution in [0.25, 0.3) is 0 Å². The van der Waals surface area contributed by atoms with Gasteiger partial charge in [-0.2, -0.15) is 0 Å². The van der Waals surface area contributed by atoms with Gasteiger partial charge in [0, 0.05) is 18.5 Å². The smallest absolute Gasteiger partial charge is 0.191 e. The van der Waals surface area contributed by atoms with Crippen LogP contribution in [0.4, 0.5) is 17.3 Å². The van der Waals surface area contributed by atoms with Gasteiger partial charge in [0.2, 0.25) is 0 Å². The summed E-state index contributed by atoms with van der Waals surface area (Å²) in [5.74, 6) is 1.51. The first kappa shape index (κ1) is 20.9. The summed E-state index contributed by atoms with van der Waals surface area (Å²) in [5, 5.41) is 6.83. The van der Waals surface area contributed by atoms with E-state index in [4.69, 9.17) is 21.6 Å². The Morgan fingerprint density at radius 1 is 1.18 bits per heavy atom. The van der Waals surface area contributed by atoms with Crippen LogP contribution in [0.5, 0.6) is 0 Å². The zero-order valence-corrected chi connectivity index (χ0v) is 19.5. The summed E-state index contributed by atoms with van der Waals surface area (Å²) in [6.07, 6.45) is 3.46. The number of pyridine rings is 2. The van der Waals surface area contributed by atoms with Crippen LogP contribution in [0, 0.1) is 0 Å². The van der Waals surface area contributed by atoms with Gasteiger partial charge in [0.1, 0.15) is 10.8 Å². The van der Waals surface area contributed by atoms with Gasteiger partial charge in [0.05, 0.1) is 11.3 Å². The van der Waals surface area contributed by atoms with E-state index in [0.29, 0.717) is 11.6 Å². The third-order valence-electron chi connectivity index (χ3n) is 5.70. The van der Waals surface area contributed by atoms with E-state index in [0.717, 1.165) is 41.4 Å². The fraction of sp³-hybridized carbons (Fsp3) is 0.476. The minimum atomic E-state index is -1.76. The van der Waals surface area contributed by atoms with Crippen molar-refractivity contribution in [1.29, 1.82) is 0 Å². The first-order chi connectivity index (χ1) is 13.1. The van der Waals surface area contributed by atoms with Crippen LogP contribution in [0.1, 0.15) is 44.5 Å². The van der Waals surface area contributed by atoms with Crippen molar-refractivity contribution < 1.29 is 4.43 Å². The molecule has 0 fully saturated rings. The van der Waals surface area contributed by atoms with E-state index in [1.165, 1.54) is 5.56 Å². The summed E-state index contributed by atoms with van der Waals surface area (Å²) in [4.78, 5) is 9.95. The molecule has 0 saturated carbocycles. The summed E-state index contributed by atoms with van der Waals surface area (Å²) in [7, 11) is -1.76. The van der Waals surface area contributed by atoms with Crippen LogP contribution < -0.4 is 10.6 Å². The molecule has 0 spiro atoms. The molecule has 1 aliphatic heterocycles. The number of hydrogen-bond acceptors (Lipinski definition) is 5. The maximum absolute atomic E-state index is 6.38. The van der Waals surface area contributed by atoms with Crippen LogP contribution in [0.2, 0.25) is 18.1 Å². The Hall–Kier alpha value is -1.83. The first-order valence-electron chi connectivity index (χ1n) is 9.82. The zero-order valence-electron chi connectivity index (χ0n) is 17.6. The van der Waals surface area contributed by atoms with Crippen LogP contribution in [-0.4, -0.2) is 29.9 Å². The molecule has 0 aromatic carbocycles. The molecule has 0 saturated heterocycles. The lowest BCUT2D eigenvalue weighted by atomic mass is 10.1. The van der Waals surface area contributed by atoms with Crippen molar-refractivity contribution in [3.63, 3.8) is 0 Å². The Bertz CT molecular complexity index is 892. The van der Waals surface area contributed by atoms with Crippen LogP contribution in [0.15, 0.2) is 24.4 Å². The van der Waals surface area contributed by atoms with E-state index < -0.39 is 8.32 Å². The van der Waals surface area contributed by atoms with Crippen molar-refractivity contribution in [2.75, 3.05) is 17.2 Å². The second kappa shape index (κ2) is 7.89. The molecule has 2 aromatic heterocycles. The second-order valence-corrected chi connectivity index (χ2v) is 13.9. The number of aryl methyl sites for hydroxylation is 1. The highest BCUT2D eigenvalue weighted by atomic mass is 32.1. The molecule has 28 heavy (non-hydrogen) atoms. The Kier molecular flexibility index (Phi) is 5.88. The second-order valence-electron chi connectivity index (χ2n) is 8.68. The fourth-order valence-electron chi connectivity index (χ4n) is 2.92. The number of nitrogens with zero attached hydrogens (tertiary/aromatic N) is 2. The van der Waals surface area contributed by atoms with Crippen LogP contribution in [0.3, 0.4) is 0 Å². The molecule has 0 unspecified atom stereocenters. The lowest BCUT2D eigenvalue weighted by Crippen LogP contribution is -2.41. The van der Waals surface area contributed by atoms with Crippen LogP contribution in [-0.2, 0) is 17.3 Å². The Balaban J connectivity index is 1.85. The van der Waals surface area contributed by atoms with Gasteiger partial charge in [0.25, 0.3) is 0 Å². The van der Waals surface area contributed by atoms with Gasteiger partial charge in [-0.3, -0.25) is 0 Å². The molecule has 1 aliphatic rings. The molecule has 150 valence electrons. The number of aromatic nitrogens is 2. The molecule has 0 radical (unpaired) electrons. The molecule has 5 nitrogen and oxygen atoms in total. The highest BCUT2D eigenvalue weighted by molar-refractivity contribution is 7.81. The average molecular weight is 415 g/mol. The number of anilines is 3. The third-order valence-corrected chi connectivity index (χ3v) is 10.6. The predicted octanol–water partition coefficient (Wildman–Crippen LogP) is 5.45. The van der Waals surface area contributed by atoms with Crippen molar-refractivity contribution >= 4 is 42.8 Å². The van der Waals surface area contributed by atoms with Gasteiger partial charge < -0.3 is 15.1 Å². The number of nitrogens with one attached hydrogen (secondary N) is 2. The predicted molar refractivity (Wildman–Crippen MR) is 123 cm³/mol. The van der Waals surface area contributed by atoms with Crippen molar-refractivity contribution in [1.82, 2.24) is 9.97 Å². The average Bonchev–Trinajstić information content (AvgIpc) is 2.75. The highest BCUT2D eigenvalue weighted by Gasteiger charge is 2.37. The number of rotatable bonds is 5. The standard InChI is InChI=1S/C21H30N4OSSi/c1-7-16-14(10-12-26-28(5,6)21(2,3)4)13-15-18(23-16)25-19-17(24-20(15)27)9-8-11-22-19/h8-9,11,13H,7,10,12H2,1-6H3,(H,24,27)(H,22,23,25). The maximum atomic E-state index is 6.38. The molecular weight excluding hydrogens is 384 g/mol. The molecular formula is C21H30N4OSSi. The van der Waals surface area contributed by atoms with Gasteiger partial charge in [-0.25, -0.2) is 9.97 Å². The third kappa shape index (κ3) is 4.26. The van der Waals surface area contributed by atoms with E-state index in [1.54, 1.807) is 6.20 Å². The van der Waals surface area contributed by atoms with E-state index >= 15 is 0 Å². The van der Waals surface area contributed by atoms with Gasteiger partial charge in [0.15, 0.2) is 14.1 Å². The molecule has 3 heterocycles. The van der Waals surface area contributed by atoms with Gasteiger partial charge >= 0.3 is 0 Å². The highest BCUT2D eigenvalue weighted by Crippen LogP contribution is 2.37. The Morgan fingerprint density at radius 3 is 2.61 bits per heavy atom. The maximum Gasteiger partial charge on any atom is 0.191 e. The van der Waals surface area contributed by atoms with Gasteiger partial charge in [-0.15, -0.1) is 0 Å². The van der Waals surface area contributed by atoms with Crippen molar-refractivity contribution in [3.8, 4) is 0 Å². The summed E-state index contributed by atoms with van der Waals surface area (Å²) < 4.78 is 6.38. The van der Waals surface area contributed by atoms with Gasteiger partial charge in [-0.05, 0) is 54.7 Å². The summed E-state index contributed by atoms with van der Waals surface area (Å²) in [5.41, 5.74) is 4.05. The van der Waals surface area contributed by atoms with E-state index in [2.05, 4.69) is 62.5 Å². The van der Waals surface area contributed by atoms with E-state index in [-0.39, 0.29) is 5.04 Å². The monoisotopic (exact) mass is 414 g/mol. The SMILES string of the molecule is CCc1nc2c(cc1CCO[Si](C)(C)C(C)(C)C)C(=S)Nc1cccnc1N2. The minimum absolute atomic E-state index is 0.209. The van der Waals surface area contributed by atoms with Gasteiger partial charge in [-0.1, -0.05) is 39.9 Å². The quantitative estimate of drug-likeness (QED) is 0.501. The molecule has 7 heteroatoms. The van der Waals surface area contributed by atoms with Crippen molar-refractivity contribution in [3.05, 3.63) is 41.2 Å².